The van der Waals surface area contributed by atoms with Crippen molar-refractivity contribution in [3.05, 3.63) is 59.7 Å². The first-order chi connectivity index (χ1) is 19.2. The lowest BCUT2D eigenvalue weighted by atomic mass is 10.2. The lowest BCUT2D eigenvalue weighted by Gasteiger charge is -2.27. The molecular formula is C25H27F2N7O6S. The fraction of sp³-hybridized carbons (Fsp3) is 0.320. The number of nitrogens with two attached hydrogens (primary N) is 1. The van der Waals surface area contributed by atoms with E-state index < -0.39 is 62.7 Å². The van der Waals surface area contributed by atoms with Crippen LogP contribution < -0.4 is 15.8 Å². The van der Waals surface area contributed by atoms with Crippen LogP contribution in [0.5, 0.6) is 0 Å². The zero-order valence-corrected chi connectivity index (χ0v) is 23.0. The van der Waals surface area contributed by atoms with Crippen molar-refractivity contribution in [2.75, 3.05) is 17.6 Å². The second kappa shape index (κ2) is 11.1. The van der Waals surface area contributed by atoms with Crippen LogP contribution in [-0.4, -0.2) is 64.2 Å². The third-order valence-electron chi connectivity index (χ3n) is 5.84. The van der Waals surface area contributed by atoms with Crippen LogP contribution in [0.3, 0.4) is 0 Å². The van der Waals surface area contributed by atoms with Gasteiger partial charge in [-0.3, -0.25) is 14.5 Å². The number of likely N-dealkylation sites (tertiary alicyclic amines) is 1. The van der Waals surface area contributed by atoms with Crippen LogP contribution in [0.4, 0.5) is 31.2 Å². The number of ether oxygens (including phenoxy) is 1. The molecule has 0 spiro atoms. The molecule has 1 saturated heterocycles. The summed E-state index contributed by atoms with van der Waals surface area (Å²) in [6, 6.07) is 6.95. The first-order valence-corrected chi connectivity index (χ1v) is 13.8. The van der Waals surface area contributed by atoms with E-state index in [9.17, 15) is 31.6 Å². The van der Waals surface area contributed by atoms with Gasteiger partial charge in [0.2, 0.25) is 11.9 Å². The molecule has 16 heteroatoms. The predicted octanol–water partition coefficient (Wildman–Crippen LogP) is 2.78. The number of amides is 2. The second-order valence-corrected chi connectivity index (χ2v) is 11.7. The van der Waals surface area contributed by atoms with Crippen molar-refractivity contribution >= 4 is 45.5 Å². The SMILES string of the molecule is CC(C)(C)OC(=O)N1CCC[C@H]1C(=O)NS(=O)(=O)c1ccc(Nc2nc(N)n(C(=O)c3c(F)cccc3F)n2)cc1. The van der Waals surface area contributed by atoms with E-state index in [0.717, 1.165) is 18.2 Å². The summed E-state index contributed by atoms with van der Waals surface area (Å²) in [5.74, 6) is -4.91. The molecule has 0 unspecified atom stereocenters. The predicted molar refractivity (Wildman–Crippen MR) is 142 cm³/mol. The molecule has 0 radical (unpaired) electrons. The quantitative estimate of drug-likeness (QED) is 0.386. The summed E-state index contributed by atoms with van der Waals surface area (Å²) in [6.07, 6.45) is 0.0749. The molecule has 2 aromatic carbocycles. The Morgan fingerprint density at radius 3 is 2.32 bits per heavy atom. The molecule has 4 rings (SSSR count). The maximum atomic E-state index is 14.0. The summed E-state index contributed by atoms with van der Waals surface area (Å²) in [5, 5.41) is 6.53. The van der Waals surface area contributed by atoms with Gasteiger partial charge in [-0.1, -0.05) is 6.07 Å². The molecule has 1 aromatic heterocycles. The third kappa shape index (κ3) is 6.59. The van der Waals surface area contributed by atoms with Crippen LogP contribution in [0.1, 0.15) is 44.0 Å². The summed E-state index contributed by atoms with van der Waals surface area (Å²) in [5.41, 5.74) is 4.33. The lowest BCUT2D eigenvalue weighted by molar-refractivity contribution is -0.123. The summed E-state index contributed by atoms with van der Waals surface area (Å²) in [4.78, 5) is 42.6. The van der Waals surface area contributed by atoms with Crippen LogP contribution >= 0.6 is 0 Å². The number of hydrogen-bond acceptors (Lipinski definition) is 10. The van der Waals surface area contributed by atoms with E-state index in [1.807, 2.05) is 4.72 Å². The summed E-state index contributed by atoms with van der Waals surface area (Å²) < 4.78 is 61.6. The maximum Gasteiger partial charge on any atom is 0.410 e. The van der Waals surface area contributed by atoms with Gasteiger partial charge in [0, 0.05) is 12.2 Å². The fourth-order valence-corrected chi connectivity index (χ4v) is 5.03. The Morgan fingerprint density at radius 1 is 1.07 bits per heavy atom. The van der Waals surface area contributed by atoms with Gasteiger partial charge < -0.3 is 15.8 Å². The number of carbonyl (C=O) groups excluding carboxylic acids is 3. The first-order valence-electron chi connectivity index (χ1n) is 12.3. The molecule has 0 aliphatic carbocycles. The van der Waals surface area contributed by atoms with Crippen LogP contribution in [0.15, 0.2) is 47.4 Å². The van der Waals surface area contributed by atoms with Crippen molar-refractivity contribution < 1.29 is 36.3 Å². The fourth-order valence-electron chi connectivity index (χ4n) is 4.02. The number of halogens is 2. The number of sulfonamides is 1. The van der Waals surface area contributed by atoms with Crippen LogP contribution in [0, 0.1) is 11.6 Å². The largest absolute Gasteiger partial charge is 0.444 e. The molecule has 2 heterocycles. The molecule has 13 nitrogen and oxygen atoms in total. The van der Waals surface area contributed by atoms with Gasteiger partial charge in [0.05, 0.1) is 4.90 Å². The molecule has 3 aromatic rings. The average molecular weight is 592 g/mol. The first kappa shape index (κ1) is 29.4. The highest BCUT2D eigenvalue weighted by molar-refractivity contribution is 7.90. The second-order valence-electron chi connectivity index (χ2n) is 10.1. The van der Waals surface area contributed by atoms with Gasteiger partial charge in [0.15, 0.2) is 0 Å². The molecule has 1 aliphatic rings. The number of nitrogens with zero attached hydrogens (tertiary/aromatic N) is 4. The van der Waals surface area contributed by atoms with Gasteiger partial charge in [-0.05, 0) is 70.0 Å². The summed E-state index contributed by atoms with van der Waals surface area (Å²) in [6.45, 7) is 5.30. The molecule has 0 bridgehead atoms. The van der Waals surface area contributed by atoms with E-state index in [0.29, 0.717) is 11.1 Å². The molecule has 0 saturated carbocycles. The molecule has 2 amide bonds. The molecule has 4 N–H and O–H groups in total. The number of benzene rings is 2. The van der Waals surface area contributed by atoms with Gasteiger partial charge in [-0.2, -0.15) is 9.67 Å². The van der Waals surface area contributed by atoms with Crippen molar-refractivity contribution in [3.8, 4) is 0 Å². The van der Waals surface area contributed by atoms with Gasteiger partial charge in [0.1, 0.15) is 28.8 Å². The Morgan fingerprint density at radius 2 is 1.71 bits per heavy atom. The van der Waals surface area contributed by atoms with E-state index in [-0.39, 0.29) is 29.5 Å². The smallest absolute Gasteiger partial charge is 0.410 e. The van der Waals surface area contributed by atoms with E-state index in [1.165, 1.54) is 29.2 Å². The highest BCUT2D eigenvalue weighted by atomic mass is 32.2. The lowest BCUT2D eigenvalue weighted by Crippen LogP contribution is -2.48. The van der Waals surface area contributed by atoms with E-state index in [2.05, 4.69) is 15.4 Å². The monoisotopic (exact) mass is 591 g/mol. The molecule has 1 fully saturated rings. The molecule has 1 atom stereocenters. The Hall–Kier alpha value is -4.60. The maximum absolute atomic E-state index is 14.0. The number of carbonyl (C=O) groups is 3. The minimum absolute atomic E-state index is 0.208. The number of rotatable bonds is 6. The van der Waals surface area contributed by atoms with Crippen LogP contribution in [0.25, 0.3) is 0 Å². The minimum atomic E-state index is -4.30. The number of aromatic nitrogens is 3. The van der Waals surface area contributed by atoms with Crippen LogP contribution in [-0.2, 0) is 19.6 Å². The normalized spacial score (nSPS) is 15.4. The number of hydrogen-bond donors (Lipinski definition) is 3. The Bertz CT molecular complexity index is 1580. The Balaban J connectivity index is 1.44. The van der Waals surface area contributed by atoms with Crippen molar-refractivity contribution in [1.29, 1.82) is 0 Å². The van der Waals surface area contributed by atoms with Gasteiger partial charge in [0.25, 0.3) is 21.8 Å². The standard InChI is InChI=1S/C25H27F2N7O6S/c1-25(2,3)40-24(37)33-13-5-8-18(33)20(35)32-41(38,39)15-11-9-14(10-12-15)29-23-30-22(28)34(31-23)21(36)19-16(26)6-4-7-17(19)27/h4,6-7,9-12,18H,5,8,13H2,1-3H3,(H,32,35)(H3,28,29,30,31)/t18-/m0/s1. The zero-order chi connectivity index (χ0) is 30.1. The van der Waals surface area contributed by atoms with Crippen molar-refractivity contribution in [2.45, 2.75) is 50.2 Å². The number of nitrogen functional groups attached to an aromatic ring is 1. The average Bonchev–Trinajstić information content (AvgIpc) is 3.50. The van der Waals surface area contributed by atoms with Gasteiger partial charge >= 0.3 is 6.09 Å². The third-order valence-corrected chi connectivity index (χ3v) is 7.20. The van der Waals surface area contributed by atoms with Crippen LogP contribution in [0.2, 0.25) is 0 Å². The summed E-state index contributed by atoms with van der Waals surface area (Å²) in [7, 11) is -4.30. The van der Waals surface area contributed by atoms with E-state index >= 15 is 0 Å². The van der Waals surface area contributed by atoms with Crippen molar-refractivity contribution in [2.24, 2.45) is 0 Å². The molecule has 41 heavy (non-hydrogen) atoms. The highest BCUT2D eigenvalue weighted by Gasteiger charge is 2.38. The summed E-state index contributed by atoms with van der Waals surface area (Å²) >= 11 is 0. The Labute approximate surface area is 233 Å². The number of nitrogens with one attached hydrogen (secondary N) is 2. The van der Waals surface area contributed by atoms with E-state index in [4.69, 9.17) is 10.5 Å². The topological polar surface area (TPSA) is 179 Å². The molecule has 218 valence electrons. The molecular weight excluding hydrogens is 564 g/mol. The van der Waals surface area contributed by atoms with Crippen molar-refractivity contribution in [1.82, 2.24) is 24.4 Å². The minimum Gasteiger partial charge on any atom is -0.444 e. The Kier molecular flexibility index (Phi) is 7.96. The van der Waals surface area contributed by atoms with E-state index in [1.54, 1.807) is 20.8 Å². The highest BCUT2D eigenvalue weighted by Crippen LogP contribution is 2.23. The van der Waals surface area contributed by atoms with Gasteiger partial charge in [-0.25, -0.2) is 26.7 Å². The number of anilines is 3. The molecule has 1 aliphatic heterocycles. The van der Waals surface area contributed by atoms with Gasteiger partial charge in [-0.15, -0.1) is 5.10 Å². The zero-order valence-electron chi connectivity index (χ0n) is 22.2. The van der Waals surface area contributed by atoms with Crippen molar-refractivity contribution in [3.63, 3.8) is 0 Å².